The number of rotatable bonds is 4. The topological polar surface area (TPSA) is 29.5 Å². The second-order valence-corrected chi connectivity index (χ2v) is 12.4. The van der Waals surface area contributed by atoms with Gasteiger partial charge < -0.3 is 9.53 Å². The third-order valence-corrected chi connectivity index (χ3v) is 10.5. The largest absolute Gasteiger partial charge is 0.402 e. The van der Waals surface area contributed by atoms with Gasteiger partial charge in [0.2, 0.25) is 0 Å². The molecule has 1 N–H and O–H groups in total. The highest BCUT2D eigenvalue weighted by Gasteiger charge is 2.52. The summed E-state index contributed by atoms with van der Waals surface area (Å²) in [6, 6.07) is 21.4. The molecule has 0 aliphatic heterocycles. The van der Waals surface area contributed by atoms with Gasteiger partial charge in [-0.05, 0) is 28.3 Å². The average molecular weight is 355 g/mol. The van der Waals surface area contributed by atoms with Crippen LogP contribution in [0.4, 0.5) is 0 Å². The Balaban J connectivity index is 2.15. The monoisotopic (exact) mass is 354 g/mol. The van der Waals surface area contributed by atoms with Gasteiger partial charge in [-0.2, -0.15) is 0 Å². The zero-order valence-electron chi connectivity index (χ0n) is 15.6. The fourth-order valence-electron chi connectivity index (χ4n) is 4.13. The molecular weight excluding hydrogens is 324 g/mol. The molecule has 2 nitrogen and oxygen atoms in total. The fourth-order valence-corrected chi connectivity index (χ4v) is 8.88. The summed E-state index contributed by atoms with van der Waals surface area (Å²) in [7, 11) is -2.54. The molecule has 0 amide bonds. The minimum Gasteiger partial charge on any atom is -0.402 e. The molecule has 2 aromatic rings. The first kappa shape index (κ1) is 18.4. The standard InChI is InChI=1S/C22H30O2Si/c1-22(2,3)25(18-12-6-4-7-13-18,19-14-8-5-9-15-19)24-21-17-11-10-16-20(21)23/h4-9,12-15,20-21,23H,10-11,16-17H2,1-3H3/t20-,21-/m1/s1. The molecule has 0 heterocycles. The van der Waals surface area contributed by atoms with E-state index >= 15 is 0 Å². The third-order valence-electron chi connectivity index (χ3n) is 5.41. The SMILES string of the molecule is CC(C)(C)[Si](O[C@@H]1CCCC[C@H]1O)(c1ccccc1)c1ccccc1. The van der Waals surface area contributed by atoms with Crippen molar-refractivity contribution in [3.8, 4) is 0 Å². The molecule has 0 unspecified atom stereocenters. The van der Waals surface area contributed by atoms with Gasteiger partial charge >= 0.3 is 0 Å². The Morgan fingerprint density at radius 2 is 1.32 bits per heavy atom. The van der Waals surface area contributed by atoms with Gasteiger partial charge in [0.15, 0.2) is 0 Å². The smallest absolute Gasteiger partial charge is 0.261 e. The van der Waals surface area contributed by atoms with Crippen LogP contribution >= 0.6 is 0 Å². The maximum atomic E-state index is 10.6. The van der Waals surface area contributed by atoms with Crippen LogP contribution in [0.25, 0.3) is 0 Å². The van der Waals surface area contributed by atoms with Crippen LogP contribution in [0, 0.1) is 0 Å². The van der Waals surface area contributed by atoms with Gasteiger partial charge in [0.25, 0.3) is 8.32 Å². The Bertz CT molecular complexity index is 624. The fraction of sp³-hybridized carbons (Fsp3) is 0.455. The highest BCUT2D eigenvalue weighted by Crippen LogP contribution is 2.39. The van der Waals surface area contributed by atoms with Gasteiger partial charge in [0.1, 0.15) is 0 Å². The molecule has 0 aromatic heterocycles. The number of benzene rings is 2. The zero-order chi connectivity index (χ0) is 17.9. The summed E-state index contributed by atoms with van der Waals surface area (Å²) in [6.07, 6.45) is 3.62. The summed E-state index contributed by atoms with van der Waals surface area (Å²) in [5, 5.41) is 13.1. The lowest BCUT2D eigenvalue weighted by molar-refractivity contribution is 0.00122. The van der Waals surface area contributed by atoms with Gasteiger partial charge in [-0.3, -0.25) is 0 Å². The summed E-state index contributed by atoms with van der Waals surface area (Å²) in [5.41, 5.74) is 0. The van der Waals surface area contributed by atoms with E-state index in [4.69, 9.17) is 4.43 Å². The van der Waals surface area contributed by atoms with Gasteiger partial charge in [-0.1, -0.05) is 94.3 Å². The zero-order valence-corrected chi connectivity index (χ0v) is 16.6. The van der Waals surface area contributed by atoms with Crippen molar-refractivity contribution in [3.05, 3.63) is 60.7 Å². The number of hydrogen-bond donors (Lipinski definition) is 1. The summed E-state index contributed by atoms with van der Waals surface area (Å²) in [6.45, 7) is 6.86. The first-order valence-corrected chi connectivity index (χ1v) is 11.3. The predicted octanol–water partition coefficient (Wildman–Crippen LogP) is 3.87. The highest BCUT2D eigenvalue weighted by atomic mass is 28.4. The summed E-state index contributed by atoms with van der Waals surface area (Å²) in [5.74, 6) is 0. The average Bonchev–Trinajstić information content (AvgIpc) is 2.61. The maximum Gasteiger partial charge on any atom is 0.261 e. The van der Waals surface area contributed by atoms with Crippen LogP contribution in [0.2, 0.25) is 5.04 Å². The first-order chi connectivity index (χ1) is 11.9. The molecule has 0 bridgehead atoms. The molecule has 0 radical (unpaired) electrons. The molecule has 2 atom stereocenters. The van der Waals surface area contributed by atoms with Crippen LogP contribution in [0.15, 0.2) is 60.7 Å². The van der Waals surface area contributed by atoms with Crippen molar-refractivity contribution < 1.29 is 9.53 Å². The summed E-state index contributed by atoms with van der Waals surface area (Å²) >= 11 is 0. The minimum absolute atomic E-state index is 0.0348. The normalized spacial score (nSPS) is 21.9. The maximum absolute atomic E-state index is 10.6. The van der Waals surface area contributed by atoms with E-state index in [1.807, 2.05) is 0 Å². The molecule has 3 rings (SSSR count). The Morgan fingerprint density at radius 1 is 0.840 bits per heavy atom. The van der Waals surface area contributed by atoms with Crippen LogP contribution in [0.1, 0.15) is 46.5 Å². The Labute approximate surface area is 153 Å². The molecule has 1 aliphatic rings. The van der Waals surface area contributed by atoms with Crippen LogP contribution < -0.4 is 10.4 Å². The Morgan fingerprint density at radius 3 is 1.76 bits per heavy atom. The van der Waals surface area contributed by atoms with Crippen molar-refractivity contribution in [1.29, 1.82) is 0 Å². The van der Waals surface area contributed by atoms with Crippen molar-refractivity contribution in [2.75, 3.05) is 0 Å². The van der Waals surface area contributed by atoms with Gasteiger partial charge in [-0.15, -0.1) is 0 Å². The lowest BCUT2D eigenvalue weighted by atomic mass is 9.95. The third kappa shape index (κ3) is 3.59. The van der Waals surface area contributed by atoms with E-state index in [0.29, 0.717) is 0 Å². The second-order valence-electron chi connectivity index (χ2n) is 8.17. The van der Waals surface area contributed by atoms with E-state index in [1.165, 1.54) is 10.4 Å². The van der Waals surface area contributed by atoms with E-state index in [1.54, 1.807) is 0 Å². The molecule has 25 heavy (non-hydrogen) atoms. The van der Waals surface area contributed by atoms with Crippen molar-refractivity contribution in [2.24, 2.45) is 0 Å². The molecule has 3 heteroatoms. The van der Waals surface area contributed by atoms with Crippen LogP contribution in [-0.4, -0.2) is 25.6 Å². The van der Waals surface area contributed by atoms with Crippen molar-refractivity contribution in [2.45, 2.75) is 63.7 Å². The molecule has 1 saturated carbocycles. The Hall–Kier alpha value is -1.42. The highest BCUT2D eigenvalue weighted by molar-refractivity contribution is 6.99. The molecule has 1 aliphatic carbocycles. The van der Waals surface area contributed by atoms with Crippen molar-refractivity contribution in [3.63, 3.8) is 0 Å². The summed E-state index contributed by atoms with van der Waals surface area (Å²) in [4.78, 5) is 0. The first-order valence-electron chi connectivity index (χ1n) is 9.42. The molecule has 2 aromatic carbocycles. The van der Waals surface area contributed by atoms with Gasteiger partial charge in [0.05, 0.1) is 12.2 Å². The van der Waals surface area contributed by atoms with E-state index in [9.17, 15) is 5.11 Å². The van der Waals surface area contributed by atoms with Crippen molar-refractivity contribution in [1.82, 2.24) is 0 Å². The lowest BCUT2D eigenvalue weighted by Crippen LogP contribution is -2.68. The van der Waals surface area contributed by atoms with Gasteiger partial charge in [0, 0.05) is 0 Å². The van der Waals surface area contributed by atoms with Crippen LogP contribution in [0.3, 0.4) is 0 Å². The predicted molar refractivity (Wildman–Crippen MR) is 107 cm³/mol. The molecular formula is C22H30O2Si. The summed E-state index contributed by atoms with van der Waals surface area (Å²) < 4.78 is 7.02. The molecule has 0 saturated heterocycles. The number of aliphatic hydroxyl groups is 1. The lowest BCUT2D eigenvalue weighted by Gasteiger charge is -2.46. The van der Waals surface area contributed by atoms with Gasteiger partial charge in [-0.25, -0.2) is 0 Å². The van der Waals surface area contributed by atoms with E-state index in [-0.39, 0.29) is 17.2 Å². The Kier molecular flexibility index (Phi) is 5.47. The molecule has 0 spiro atoms. The van der Waals surface area contributed by atoms with Crippen LogP contribution in [0.5, 0.6) is 0 Å². The molecule has 134 valence electrons. The van der Waals surface area contributed by atoms with E-state index in [2.05, 4.69) is 81.4 Å². The second kappa shape index (κ2) is 7.44. The van der Waals surface area contributed by atoms with E-state index in [0.717, 1.165) is 25.7 Å². The number of aliphatic hydroxyl groups excluding tert-OH is 1. The van der Waals surface area contributed by atoms with E-state index < -0.39 is 8.32 Å². The van der Waals surface area contributed by atoms with Crippen molar-refractivity contribution >= 4 is 18.7 Å². The molecule has 1 fully saturated rings. The minimum atomic E-state index is -2.54. The number of hydrogen-bond acceptors (Lipinski definition) is 2. The van der Waals surface area contributed by atoms with Crippen LogP contribution in [-0.2, 0) is 4.43 Å². The quantitative estimate of drug-likeness (QED) is 0.845.